The number of carbonyl (C=O) groups excluding carboxylic acids is 11. The summed E-state index contributed by atoms with van der Waals surface area (Å²) in [5, 5.41) is 4.09. The fraction of sp³-hybridized carbons (Fsp3) is 0.292. The van der Waals surface area contributed by atoms with Gasteiger partial charge in [-0.2, -0.15) is 13.8 Å². The van der Waals surface area contributed by atoms with E-state index in [1.165, 1.54) is 107 Å². The number of pyridine rings is 3. The topological polar surface area (TPSA) is 301 Å². The Morgan fingerprint density at radius 2 is 1.12 bits per heavy atom. The summed E-state index contributed by atoms with van der Waals surface area (Å²) in [7, 11) is 1.42. The minimum Gasteiger partial charge on any atom is -0.460 e. The van der Waals surface area contributed by atoms with Crippen LogP contribution >= 0.6 is 199 Å². The molecule has 3 fully saturated rings. The number of halogens is 18. The van der Waals surface area contributed by atoms with Crippen molar-refractivity contribution in [3.8, 4) is 11.3 Å². The Morgan fingerprint density at radius 3 is 1.46 bits per heavy atom. The normalized spacial score (nSPS) is 12.0. The van der Waals surface area contributed by atoms with E-state index in [4.69, 9.17) is 167 Å². The van der Waals surface area contributed by atoms with Crippen LogP contribution in [0, 0.1) is 36.6 Å². The summed E-state index contributed by atoms with van der Waals surface area (Å²) >= 11 is 74.2. The van der Waals surface area contributed by atoms with Crippen LogP contribution in [0.2, 0.25) is 15.1 Å². The van der Waals surface area contributed by atoms with Gasteiger partial charge in [0.15, 0.2) is 5.76 Å². The molecular formula is C65H59Cl16F2N5O15S. The lowest BCUT2D eigenvalue weighted by Gasteiger charge is -2.16. The molecule has 0 saturated heterocycles. The largest absolute Gasteiger partial charge is 0.460 e. The SMILES string of the molecule is COCC(=O)Cl.Cc1onc(-c2ccccc2Cl)c1C(=O)Cl.Cl.Cl.O=C(Cl)C1CC1.O=C(Cl)C1CCCCC1.O=C(Cl)CCC1CCCC1.O=C(Cl)c1cc(Cl)c(F)nc1F.O=C(Cl)c1cccnc1.O=C(Cl)c1ccco1.O=C(Cl)c1ccncc1.O=C(Cl)c1ccno1.O=C(Cl)c1sccc1Cl. The average molecular weight is 1790 g/mol. The van der Waals surface area contributed by atoms with E-state index in [0.717, 1.165) is 44.1 Å². The molecule has 3 aliphatic carbocycles. The van der Waals surface area contributed by atoms with Crippen LogP contribution in [0.25, 0.3) is 11.3 Å². The first-order chi connectivity index (χ1) is 48.2. The zero-order valence-corrected chi connectivity index (χ0v) is 66.8. The fourth-order valence-electron chi connectivity index (χ4n) is 7.50. The summed E-state index contributed by atoms with van der Waals surface area (Å²) in [6.45, 7) is 1.63. The summed E-state index contributed by atoms with van der Waals surface area (Å²) in [4.78, 5) is 124. The van der Waals surface area contributed by atoms with Crippen molar-refractivity contribution < 1.29 is 79.7 Å². The number of ether oxygens (including phenoxy) is 1. The second-order valence-corrected chi connectivity index (χ2v) is 26.1. The summed E-state index contributed by atoms with van der Waals surface area (Å²) in [5.74, 6) is -0.587. The van der Waals surface area contributed by atoms with Gasteiger partial charge >= 0.3 is 0 Å². The van der Waals surface area contributed by atoms with Gasteiger partial charge in [0.05, 0.1) is 38.7 Å². The van der Waals surface area contributed by atoms with Gasteiger partial charge in [-0.1, -0.05) is 108 Å². The summed E-state index contributed by atoms with van der Waals surface area (Å²) in [6.07, 6.45) is 23.4. The number of hydrogen-bond acceptors (Lipinski definition) is 21. The maximum Gasteiger partial charge on any atom is 0.290 e. The van der Waals surface area contributed by atoms with Crippen LogP contribution in [0.1, 0.15) is 161 Å². The number of furan rings is 1. The second kappa shape index (κ2) is 58.0. The number of aryl methyl sites for hydroxylation is 1. The van der Waals surface area contributed by atoms with E-state index in [1.54, 1.807) is 79.2 Å². The fourth-order valence-corrected chi connectivity index (χ4v) is 10.6. The van der Waals surface area contributed by atoms with Crippen LogP contribution in [0.4, 0.5) is 8.78 Å². The van der Waals surface area contributed by atoms with Crippen LogP contribution < -0.4 is 0 Å². The van der Waals surface area contributed by atoms with Crippen LogP contribution in [0.15, 0.2) is 135 Å². The Balaban J connectivity index is 0. The van der Waals surface area contributed by atoms with Gasteiger partial charge in [-0.05, 0) is 233 Å². The Morgan fingerprint density at radius 1 is 0.538 bits per heavy atom. The minimum atomic E-state index is -1.27. The van der Waals surface area contributed by atoms with Crippen molar-refractivity contribution >= 4 is 256 Å². The molecule has 0 spiro atoms. The number of methoxy groups -OCH3 is 1. The van der Waals surface area contributed by atoms with Crippen molar-refractivity contribution in [1.82, 2.24) is 25.3 Å². The Labute approximate surface area is 681 Å². The van der Waals surface area contributed by atoms with Gasteiger partial charge < -0.3 is 18.2 Å². The average Bonchev–Trinajstić information content (AvgIpc) is 1.58. The molecule has 0 radical (unpaired) electrons. The second-order valence-electron chi connectivity index (χ2n) is 19.9. The summed E-state index contributed by atoms with van der Waals surface area (Å²) in [6, 6.07) is 20.4. The monoisotopic (exact) mass is 1780 g/mol. The molecule has 566 valence electrons. The molecule has 0 aliphatic heterocycles. The molecule has 0 N–H and O–H groups in total. The molecule has 3 saturated carbocycles. The number of aromatic nitrogens is 5. The number of thiophene rings is 1. The Bertz CT molecular complexity index is 3830. The molecular weight excluding hydrogens is 1730 g/mol. The van der Waals surface area contributed by atoms with E-state index in [1.807, 2.05) is 0 Å². The molecule has 1 aromatic carbocycles. The summed E-state index contributed by atoms with van der Waals surface area (Å²) in [5.41, 5.74) is 1.64. The molecule has 8 aromatic rings. The van der Waals surface area contributed by atoms with Crippen LogP contribution in [0.3, 0.4) is 0 Å². The maximum atomic E-state index is 12.6. The van der Waals surface area contributed by atoms with Crippen molar-refractivity contribution in [3.05, 3.63) is 193 Å². The van der Waals surface area contributed by atoms with Crippen molar-refractivity contribution in [2.24, 2.45) is 17.8 Å². The Hall–Kier alpha value is -5.10. The van der Waals surface area contributed by atoms with Gasteiger partial charge in [-0.15, -0.1) is 36.2 Å². The van der Waals surface area contributed by atoms with E-state index in [-0.39, 0.29) is 76.1 Å². The molecule has 0 atom stereocenters. The van der Waals surface area contributed by atoms with Crippen molar-refractivity contribution in [2.45, 2.75) is 90.4 Å². The molecule has 39 heteroatoms. The van der Waals surface area contributed by atoms with Gasteiger partial charge in [0.25, 0.3) is 36.7 Å². The zero-order chi connectivity index (χ0) is 76.9. The van der Waals surface area contributed by atoms with Gasteiger partial charge in [-0.25, -0.2) is 0 Å². The van der Waals surface area contributed by atoms with Crippen LogP contribution in [0.5, 0.6) is 0 Å². The molecule has 7 heterocycles. The van der Waals surface area contributed by atoms with Gasteiger partial charge in [0.2, 0.25) is 38.6 Å². The highest BCUT2D eigenvalue weighted by Gasteiger charge is 2.27. The minimum absolute atomic E-state index is 0. The number of rotatable bonds is 15. The predicted molar refractivity (Wildman–Crippen MR) is 405 cm³/mol. The zero-order valence-electron chi connectivity index (χ0n) is 53.8. The number of nitrogens with zero attached hydrogens (tertiary/aromatic N) is 5. The lowest BCUT2D eigenvalue weighted by atomic mass is 9.90. The third-order valence-electron chi connectivity index (χ3n) is 12.5. The molecule has 11 rings (SSSR count). The lowest BCUT2D eigenvalue weighted by molar-refractivity contribution is -0.116. The van der Waals surface area contributed by atoms with Crippen LogP contribution in [-0.4, -0.2) is 96.6 Å². The number of benzene rings is 1. The quantitative estimate of drug-likeness (QED) is 0.0680. The van der Waals surface area contributed by atoms with E-state index < -0.39 is 64.4 Å². The first kappa shape index (κ1) is 101. The molecule has 0 unspecified atom stereocenters. The first-order valence-corrected chi connectivity index (χ1v) is 35.2. The summed E-state index contributed by atoms with van der Waals surface area (Å²) < 4.78 is 43.2. The number of carbonyl (C=O) groups is 11. The van der Waals surface area contributed by atoms with Gasteiger partial charge in [-0.3, -0.25) is 62.7 Å². The highest BCUT2D eigenvalue weighted by atomic mass is 35.5. The van der Waals surface area contributed by atoms with Crippen molar-refractivity contribution in [3.63, 3.8) is 0 Å². The van der Waals surface area contributed by atoms with Crippen LogP contribution in [-0.2, 0) is 23.9 Å². The molecule has 7 aromatic heterocycles. The molecule has 3 aliphatic rings. The third-order valence-corrected chi connectivity index (χ3v) is 16.9. The maximum absolute atomic E-state index is 12.6. The van der Waals surface area contributed by atoms with E-state index in [9.17, 15) is 61.5 Å². The standard InChI is InChI=1S/C11H7Cl2NO2.C8H13ClO.C7H11ClO.C6HCl2F2NO.2C6H4ClNO.C5H2Cl2OS.C5H3ClO2.C4H2ClNO2.C4H5ClO.C3H5ClO2.2ClH/c1-6-9(11(13)15)10(14-16-6)7-4-2-3-5-8(7)12;9-8(10)6-5-7-3-1-2-4-7;8-7(9)6-4-2-1-3-5-6;7-3-1-2(4(8)12)5(9)11-6(3)10;7-6(9)5-1-3-8-4-2-5;7-6(9)5-2-1-3-8-4-5;6-3-1-2-9-4(3)5(7)8;6-5(7)4-2-1-3-8-4;5-4(7)3-1-2-6-8-3;5-4(6)3-1-2-3;1-6-2-3(4)5;;/h2-5H,1H3;7H,1-6H2;6H,1-5H2;1H;2*1-4H;1-2H;1-3H;1-2H;3H,1-2H2;2H2,1H3;2*1H. The highest BCUT2D eigenvalue weighted by Crippen LogP contribution is 2.33. The third kappa shape index (κ3) is 44.9. The molecule has 104 heavy (non-hydrogen) atoms. The molecule has 20 nitrogen and oxygen atoms in total. The van der Waals surface area contributed by atoms with Gasteiger partial charge in [0, 0.05) is 67.3 Å². The molecule has 0 amide bonds. The Kier molecular flexibility index (Phi) is 56.3. The number of hydrogen-bond donors (Lipinski definition) is 0. The van der Waals surface area contributed by atoms with E-state index in [2.05, 4.69) is 38.9 Å². The lowest BCUT2D eigenvalue weighted by Crippen LogP contribution is -2.12. The first-order valence-electron chi connectivity index (χ1n) is 29.1. The molecule has 0 bridgehead atoms. The van der Waals surface area contributed by atoms with E-state index >= 15 is 0 Å². The van der Waals surface area contributed by atoms with Gasteiger partial charge in [0.1, 0.15) is 28.5 Å². The smallest absolute Gasteiger partial charge is 0.290 e. The van der Waals surface area contributed by atoms with Crippen molar-refractivity contribution in [2.75, 3.05) is 13.7 Å². The highest BCUT2D eigenvalue weighted by molar-refractivity contribution is 7.14. The predicted octanol–water partition coefficient (Wildman–Crippen LogP) is 21.9. The van der Waals surface area contributed by atoms with Crippen molar-refractivity contribution in [1.29, 1.82) is 0 Å². The van der Waals surface area contributed by atoms with E-state index in [0.29, 0.717) is 49.5 Å².